The van der Waals surface area contributed by atoms with Gasteiger partial charge >= 0.3 is 5.97 Å². The number of nitriles is 1. The molecule has 0 saturated heterocycles. The van der Waals surface area contributed by atoms with E-state index in [9.17, 15) is 20.2 Å². The van der Waals surface area contributed by atoms with Crippen LogP contribution in [0.4, 0.5) is 5.69 Å². The van der Waals surface area contributed by atoms with E-state index in [-0.39, 0.29) is 28.5 Å². The van der Waals surface area contributed by atoms with Crippen molar-refractivity contribution in [3.8, 4) is 17.4 Å². The van der Waals surface area contributed by atoms with E-state index in [0.29, 0.717) is 22.6 Å². The van der Waals surface area contributed by atoms with Crippen LogP contribution in [-0.4, -0.2) is 17.5 Å². The number of halogens is 1. The van der Waals surface area contributed by atoms with Gasteiger partial charge in [0, 0.05) is 17.7 Å². The normalized spacial score (nSPS) is 11.0. The average molecular weight is 423 g/mol. The summed E-state index contributed by atoms with van der Waals surface area (Å²) in [5.74, 6) is 0.359. The number of nitro benzene ring substituents is 1. The van der Waals surface area contributed by atoms with Gasteiger partial charge in [-0.15, -0.1) is 0 Å². The molecule has 0 aliphatic rings. The van der Waals surface area contributed by atoms with Gasteiger partial charge in [-0.1, -0.05) is 11.6 Å². The Bertz CT molecular complexity index is 1170. The number of ether oxygens (including phenoxy) is 1. The van der Waals surface area contributed by atoms with Crippen LogP contribution in [0.5, 0.6) is 0 Å². The largest absolute Gasteiger partial charge is 0.462 e. The maximum Gasteiger partial charge on any atom is 0.339 e. The van der Waals surface area contributed by atoms with E-state index < -0.39 is 10.9 Å². The molecule has 8 heteroatoms. The van der Waals surface area contributed by atoms with Crippen molar-refractivity contribution < 1.29 is 18.9 Å². The van der Waals surface area contributed by atoms with Gasteiger partial charge < -0.3 is 9.15 Å². The smallest absolute Gasteiger partial charge is 0.339 e. The Morgan fingerprint density at radius 3 is 2.60 bits per heavy atom. The highest BCUT2D eigenvalue weighted by Gasteiger charge is 2.15. The molecule has 0 spiro atoms. The molecule has 0 aliphatic heterocycles. The van der Waals surface area contributed by atoms with Crippen LogP contribution in [0, 0.1) is 21.4 Å². The fourth-order valence-electron chi connectivity index (χ4n) is 2.71. The highest BCUT2D eigenvalue weighted by molar-refractivity contribution is 6.33. The third-order valence-corrected chi connectivity index (χ3v) is 4.50. The van der Waals surface area contributed by atoms with Crippen molar-refractivity contribution >= 4 is 34.9 Å². The molecule has 0 fully saturated rings. The summed E-state index contributed by atoms with van der Waals surface area (Å²) in [7, 11) is 0. The van der Waals surface area contributed by atoms with Crippen LogP contribution in [0.1, 0.15) is 28.6 Å². The van der Waals surface area contributed by atoms with Gasteiger partial charge in [-0.2, -0.15) is 5.26 Å². The molecule has 1 aromatic heterocycles. The Morgan fingerprint density at radius 1 is 1.23 bits per heavy atom. The summed E-state index contributed by atoms with van der Waals surface area (Å²) in [6, 6.07) is 16.0. The molecule has 0 amide bonds. The first-order chi connectivity index (χ1) is 14.4. The number of carbonyl (C=O) groups is 1. The highest BCUT2D eigenvalue weighted by Crippen LogP contribution is 2.29. The van der Waals surface area contributed by atoms with Gasteiger partial charge in [0.15, 0.2) is 0 Å². The molecule has 3 aromatic rings. The Balaban J connectivity index is 1.90. The molecule has 0 aliphatic carbocycles. The monoisotopic (exact) mass is 422 g/mol. The lowest BCUT2D eigenvalue weighted by Crippen LogP contribution is -2.05. The first-order valence-electron chi connectivity index (χ1n) is 8.86. The van der Waals surface area contributed by atoms with Gasteiger partial charge in [-0.25, -0.2) is 4.79 Å². The van der Waals surface area contributed by atoms with Crippen molar-refractivity contribution in [2.75, 3.05) is 6.61 Å². The molecule has 0 unspecified atom stereocenters. The van der Waals surface area contributed by atoms with Crippen LogP contribution in [0.25, 0.3) is 23.0 Å². The Labute approximate surface area is 176 Å². The summed E-state index contributed by atoms with van der Waals surface area (Å²) in [5.41, 5.74) is 1.60. The molecule has 7 nitrogen and oxygen atoms in total. The molecular formula is C22H15ClN2O5. The van der Waals surface area contributed by atoms with E-state index in [4.69, 9.17) is 20.8 Å². The van der Waals surface area contributed by atoms with Gasteiger partial charge in [0.2, 0.25) is 0 Å². The number of hydrogen-bond acceptors (Lipinski definition) is 6. The lowest BCUT2D eigenvalue weighted by atomic mass is 10.1. The number of rotatable bonds is 6. The molecule has 0 radical (unpaired) electrons. The summed E-state index contributed by atoms with van der Waals surface area (Å²) < 4.78 is 10.8. The Hall–Kier alpha value is -3.89. The van der Waals surface area contributed by atoms with Gasteiger partial charge in [0.05, 0.1) is 33.8 Å². The van der Waals surface area contributed by atoms with E-state index in [1.165, 1.54) is 30.3 Å². The second-order valence-electron chi connectivity index (χ2n) is 6.09. The molecule has 0 bridgehead atoms. The first-order valence-corrected chi connectivity index (χ1v) is 9.24. The molecule has 3 rings (SSSR count). The third-order valence-electron chi connectivity index (χ3n) is 4.17. The van der Waals surface area contributed by atoms with Gasteiger partial charge in [0.1, 0.15) is 11.5 Å². The van der Waals surface area contributed by atoms with Crippen LogP contribution in [0.15, 0.2) is 59.0 Å². The third kappa shape index (κ3) is 4.57. The number of non-ortho nitro benzene ring substituents is 1. The number of hydrogen-bond donors (Lipinski definition) is 0. The average Bonchev–Trinajstić information content (AvgIpc) is 3.21. The maximum absolute atomic E-state index is 12.0. The first kappa shape index (κ1) is 20.8. The van der Waals surface area contributed by atoms with Crippen molar-refractivity contribution in [2.24, 2.45) is 0 Å². The lowest BCUT2D eigenvalue weighted by molar-refractivity contribution is -0.384. The van der Waals surface area contributed by atoms with E-state index >= 15 is 0 Å². The zero-order valence-electron chi connectivity index (χ0n) is 15.8. The van der Waals surface area contributed by atoms with Crippen LogP contribution in [-0.2, 0) is 4.74 Å². The van der Waals surface area contributed by atoms with Crippen molar-refractivity contribution in [3.63, 3.8) is 0 Å². The molecule has 0 N–H and O–H groups in total. The molecular weight excluding hydrogens is 408 g/mol. The molecule has 150 valence electrons. The summed E-state index contributed by atoms with van der Waals surface area (Å²) in [5, 5.41) is 20.5. The van der Waals surface area contributed by atoms with Gasteiger partial charge in [0.25, 0.3) is 5.69 Å². The molecule has 2 aromatic carbocycles. The van der Waals surface area contributed by atoms with E-state index in [2.05, 4.69) is 6.07 Å². The van der Waals surface area contributed by atoms with Gasteiger partial charge in [-0.05, 0) is 61.0 Å². The van der Waals surface area contributed by atoms with E-state index in [1.807, 2.05) is 0 Å². The topological polar surface area (TPSA) is 106 Å². The van der Waals surface area contributed by atoms with Crippen molar-refractivity contribution in [3.05, 3.63) is 86.6 Å². The minimum Gasteiger partial charge on any atom is -0.462 e. The predicted molar refractivity (Wildman–Crippen MR) is 112 cm³/mol. The highest BCUT2D eigenvalue weighted by atomic mass is 35.5. The van der Waals surface area contributed by atoms with Crippen molar-refractivity contribution in [1.29, 1.82) is 5.26 Å². The summed E-state index contributed by atoms with van der Waals surface area (Å²) in [6.45, 7) is 1.94. The minimum absolute atomic E-state index is 0.0588. The van der Waals surface area contributed by atoms with Gasteiger partial charge in [-0.3, -0.25) is 10.1 Å². The maximum atomic E-state index is 12.0. The van der Waals surface area contributed by atoms with E-state index in [1.54, 1.807) is 37.3 Å². The fourth-order valence-corrected chi connectivity index (χ4v) is 2.91. The second kappa shape index (κ2) is 9.07. The Morgan fingerprint density at radius 2 is 1.97 bits per heavy atom. The molecule has 0 saturated carbocycles. The summed E-state index contributed by atoms with van der Waals surface area (Å²) in [4.78, 5) is 22.3. The number of carbonyl (C=O) groups excluding carboxylic acids is 1. The zero-order chi connectivity index (χ0) is 21.7. The number of allylic oxidation sites excluding steroid dienone is 1. The van der Waals surface area contributed by atoms with Crippen LogP contribution >= 0.6 is 11.6 Å². The minimum atomic E-state index is -0.527. The second-order valence-corrected chi connectivity index (χ2v) is 6.50. The van der Waals surface area contributed by atoms with Crippen LogP contribution in [0.2, 0.25) is 5.02 Å². The summed E-state index contributed by atoms with van der Waals surface area (Å²) >= 11 is 6.09. The van der Waals surface area contributed by atoms with Crippen molar-refractivity contribution in [2.45, 2.75) is 6.92 Å². The summed E-state index contributed by atoms with van der Waals surface area (Å²) in [6.07, 6.45) is 1.53. The Kier molecular flexibility index (Phi) is 6.30. The number of esters is 1. The SMILES string of the molecule is CCOC(=O)c1cc(-c2ccc(C=C(C#N)c3ccc([N+](=O)[O-])cc3)o2)ccc1Cl. The number of benzene rings is 2. The molecule has 0 atom stereocenters. The molecule has 30 heavy (non-hydrogen) atoms. The fraction of sp³-hybridized carbons (Fsp3) is 0.0909. The van der Waals surface area contributed by atoms with Crippen molar-refractivity contribution in [1.82, 2.24) is 0 Å². The number of nitrogens with zero attached hydrogens (tertiary/aromatic N) is 2. The standard InChI is InChI=1S/C22H15ClN2O5/c1-2-29-22(26)19-12-15(5-9-20(19)23)21-10-8-18(30-21)11-16(13-24)14-3-6-17(7-4-14)25(27)28/h3-12H,2H2,1H3. The van der Waals surface area contributed by atoms with E-state index in [0.717, 1.165) is 0 Å². The number of furan rings is 1. The van der Waals surface area contributed by atoms with Crippen LogP contribution in [0.3, 0.4) is 0 Å². The number of nitro groups is 1. The lowest BCUT2D eigenvalue weighted by Gasteiger charge is -2.06. The zero-order valence-corrected chi connectivity index (χ0v) is 16.6. The van der Waals surface area contributed by atoms with Crippen LogP contribution < -0.4 is 0 Å². The predicted octanol–water partition coefficient (Wildman–Crippen LogP) is 5.75. The molecule has 1 heterocycles. The quantitative estimate of drug-likeness (QED) is 0.217.